The summed E-state index contributed by atoms with van der Waals surface area (Å²) in [6, 6.07) is 0. The van der Waals surface area contributed by atoms with Crippen LogP contribution in [0.2, 0.25) is 0 Å². The van der Waals surface area contributed by atoms with Crippen LogP contribution in [-0.4, -0.2) is 31.4 Å². The highest BCUT2D eigenvalue weighted by molar-refractivity contribution is 5.75. The second-order valence-corrected chi connectivity index (χ2v) is 4.82. The zero-order valence-electron chi connectivity index (χ0n) is 10.7. The molecule has 0 N–H and O–H groups in total. The average Bonchev–Trinajstić information content (AvgIpc) is 2.70. The summed E-state index contributed by atoms with van der Waals surface area (Å²) in [6.07, 6.45) is 1.28. The highest BCUT2D eigenvalue weighted by Crippen LogP contribution is 2.21. The number of cyclic esters (lactones) is 2. The predicted octanol–water partition coefficient (Wildman–Crippen LogP) is 2.28. The zero-order valence-corrected chi connectivity index (χ0v) is 10.7. The SMILES string of the molecule is CCC(C)(C)C(=O)OCCCC1COC(=O)O1. The summed E-state index contributed by atoms with van der Waals surface area (Å²) in [5.41, 5.74) is -0.428. The molecule has 1 aliphatic rings. The Hall–Kier alpha value is -1.26. The molecule has 1 aliphatic heterocycles. The fourth-order valence-corrected chi connectivity index (χ4v) is 1.32. The van der Waals surface area contributed by atoms with Crippen LogP contribution in [0.5, 0.6) is 0 Å². The number of hydrogen-bond donors (Lipinski definition) is 0. The third-order valence-electron chi connectivity index (χ3n) is 2.99. The minimum atomic E-state index is -0.612. The first kappa shape index (κ1) is 13.8. The molecule has 98 valence electrons. The van der Waals surface area contributed by atoms with E-state index in [1.165, 1.54) is 0 Å². The molecule has 1 saturated heterocycles. The summed E-state index contributed by atoms with van der Waals surface area (Å²) < 4.78 is 14.7. The van der Waals surface area contributed by atoms with Gasteiger partial charge in [0.2, 0.25) is 0 Å². The molecule has 0 aromatic heterocycles. The first-order valence-electron chi connectivity index (χ1n) is 5.96. The molecule has 1 unspecified atom stereocenters. The molecule has 0 saturated carbocycles. The summed E-state index contributed by atoms with van der Waals surface area (Å²) in [6.45, 7) is 6.34. The van der Waals surface area contributed by atoms with E-state index in [1.54, 1.807) is 0 Å². The molecule has 1 atom stereocenters. The van der Waals surface area contributed by atoms with Gasteiger partial charge in [-0.3, -0.25) is 4.79 Å². The lowest BCUT2D eigenvalue weighted by Crippen LogP contribution is -2.26. The van der Waals surface area contributed by atoms with E-state index in [1.807, 2.05) is 20.8 Å². The van der Waals surface area contributed by atoms with Crippen LogP contribution in [-0.2, 0) is 19.0 Å². The lowest BCUT2D eigenvalue weighted by atomic mass is 9.91. The molecular formula is C12H20O5. The second kappa shape index (κ2) is 5.89. The molecule has 5 nitrogen and oxygen atoms in total. The van der Waals surface area contributed by atoms with E-state index in [-0.39, 0.29) is 12.1 Å². The molecule has 5 heteroatoms. The van der Waals surface area contributed by atoms with Crippen LogP contribution in [0.1, 0.15) is 40.0 Å². The van der Waals surface area contributed by atoms with Crippen molar-refractivity contribution in [3.8, 4) is 0 Å². The fraction of sp³-hybridized carbons (Fsp3) is 0.833. The number of carbonyl (C=O) groups is 2. The molecule has 0 spiro atoms. The highest BCUT2D eigenvalue weighted by Gasteiger charge is 2.27. The van der Waals surface area contributed by atoms with Crippen molar-refractivity contribution in [2.75, 3.05) is 13.2 Å². The Balaban J connectivity index is 2.12. The van der Waals surface area contributed by atoms with Gasteiger partial charge in [0, 0.05) is 0 Å². The smallest absolute Gasteiger partial charge is 0.465 e. The van der Waals surface area contributed by atoms with E-state index < -0.39 is 11.6 Å². The van der Waals surface area contributed by atoms with E-state index in [9.17, 15) is 9.59 Å². The monoisotopic (exact) mass is 244 g/mol. The van der Waals surface area contributed by atoms with Crippen molar-refractivity contribution in [3.05, 3.63) is 0 Å². The Morgan fingerprint density at radius 3 is 2.76 bits per heavy atom. The lowest BCUT2D eigenvalue weighted by Gasteiger charge is -2.20. The molecule has 17 heavy (non-hydrogen) atoms. The highest BCUT2D eigenvalue weighted by atomic mass is 16.8. The van der Waals surface area contributed by atoms with Gasteiger partial charge >= 0.3 is 12.1 Å². The molecule has 0 aromatic rings. The van der Waals surface area contributed by atoms with Crippen LogP contribution in [0.4, 0.5) is 4.79 Å². The quantitative estimate of drug-likeness (QED) is 0.530. The third-order valence-corrected chi connectivity index (χ3v) is 2.99. The Bertz CT molecular complexity index is 285. The van der Waals surface area contributed by atoms with Crippen molar-refractivity contribution >= 4 is 12.1 Å². The van der Waals surface area contributed by atoms with E-state index in [0.29, 0.717) is 26.1 Å². The van der Waals surface area contributed by atoms with Crippen molar-refractivity contribution in [1.82, 2.24) is 0 Å². The Labute approximate surface area is 101 Å². The Morgan fingerprint density at radius 1 is 1.53 bits per heavy atom. The van der Waals surface area contributed by atoms with Gasteiger partial charge in [0.15, 0.2) is 0 Å². The molecule has 0 aliphatic carbocycles. The van der Waals surface area contributed by atoms with Crippen LogP contribution in [0.3, 0.4) is 0 Å². The van der Waals surface area contributed by atoms with Crippen molar-refractivity contribution in [2.45, 2.75) is 46.1 Å². The first-order chi connectivity index (χ1) is 7.95. The molecular weight excluding hydrogens is 224 g/mol. The van der Waals surface area contributed by atoms with Crippen LogP contribution in [0.15, 0.2) is 0 Å². The second-order valence-electron chi connectivity index (χ2n) is 4.82. The molecule has 1 fully saturated rings. The number of hydrogen-bond acceptors (Lipinski definition) is 5. The maximum absolute atomic E-state index is 11.6. The number of rotatable bonds is 6. The van der Waals surface area contributed by atoms with Gasteiger partial charge in [0.25, 0.3) is 0 Å². The van der Waals surface area contributed by atoms with Crippen LogP contribution in [0, 0.1) is 5.41 Å². The van der Waals surface area contributed by atoms with E-state index in [2.05, 4.69) is 4.74 Å². The third kappa shape index (κ3) is 4.24. The molecule has 0 radical (unpaired) electrons. The van der Waals surface area contributed by atoms with Crippen molar-refractivity contribution in [2.24, 2.45) is 5.41 Å². The van der Waals surface area contributed by atoms with Gasteiger partial charge in [-0.05, 0) is 33.1 Å². The van der Waals surface area contributed by atoms with Gasteiger partial charge in [-0.2, -0.15) is 0 Å². The Kier molecular flexibility index (Phi) is 4.78. The largest absolute Gasteiger partial charge is 0.508 e. The van der Waals surface area contributed by atoms with Crippen molar-refractivity contribution < 1.29 is 23.8 Å². The van der Waals surface area contributed by atoms with E-state index in [4.69, 9.17) is 9.47 Å². The molecule has 0 aromatic carbocycles. The van der Waals surface area contributed by atoms with E-state index >= 15 is 0 Å². The van der Waals surface area contributed by atoms with Gasteiger partial charge < -0.3 is 14.2 Å². The van der Waals surface area contributed by atoms with Gasteiger partial charge in [0.1, 0.15) is 12.7 Å². The van der Waals surface area contributed by atoms with Crippen molar-refractivity contribution in [1.29, 1.82) is 0 Å². The van der Waals surface area contributed by atoms with E-state index in [0.717, 1.165) is 6.42 Å². The molecule has 0 amide bonds. The van der Waals surface area contributed by atoms with Gasteiger partial charge in [-0.25, -0.2) is 4.79 Å². The molecule has 1 rings (SSSR count). The number of ether oxygens (including phenoxy) is 3. The van der Waals surface area contributed by atoms with Crippen LogP contribution >= 0.6 is 0 Å². The molecule has 0 bridgehead atoms. The van der Waals surface area contributed by atoms with Crippen LogP contribution < -0.4 is 0 Å². The van der Waals surface area contributed by atoms with Gasteiger partial charge in [-0.15, -0.1) is 0 Å². The number of carbonyl (C=O) groups excluding carboxylic acids is 2. The summed E-state index contributed by atoms with van der Waals surface area (Å²) in [4.78, 5) is 22.2. The summed E-state index contributed by atoms with van der Waals surface area (Å²) >= 11 is 0. The van der Waals surface area contributed by atoms with Crippen molar-refractivity contribution in [3.63, 3.8) is 0 Å². The Morgan fingerprint density at radius 2 is 2.24 bits per heavy atom. The van der Waals surface area contributed by atoms with Crippen LogP contribution in [0.25, 0.3) is 0 Å². The maximum Gasteiger partial charge on any atom is 0.508 e. The average molecular weight is 244 g/mol. The zero-order chi connectivity index (χ0) is 12.9. The summed E-state index contributed by atoms with van der Waals surface area (Å²) in [7, 11) is 0. The summed E-state index contributed by atoms with van der Waals surface area (Å²) in [5.74, 6) is -0.181. The number of esters is 1. The fourth-order valence-electron chi connectivity index (χ4n) is 1.32. The topological polar surface area (TPSA) is 61.8 Å². The standard InChI is InChI=1S/C12H20O5/c1-4-12(2,3)10(13)15-7-5-6-9-8-16-11(14)17-9/h9H,4-8H2,1-3H3. The maximum atomic E-state index is 11.6. The minimum Gasteiger partial charge on any atom is -0.465 e. The normalized spacial score (nSPS) is 19.7. The van der Waals surface area contributed by atoms with Gasteiger partial charge in [0.05, 0.1) is 12.0 Å². The van der Waals surface area contributed by atoms with Gasteiger partial charge in [-0.1, -0.05) is 6.92 Å². The predicted molar refractivity (Wildman–Crippen MR) is 60.5 cm³/mol. The lowest BCUT2D eigenvalue weighted by molar-refractivity contribution is -0.154. The minimum absolute atomic E-state index is 0.181. The summed E-state index contributed by atoms with van der Waals surface area (Å²) in [5, 5.41) is 0. The molecule has 1 heterocycles. The first-order valence-corrected chi connectivity index (χ1v) is 5.96.